The summed E-state index contributed by atoms with van der Waals surface area (Å²) in [6.07, 6.45) is 1.13. The molecule has 0 N–H and O–H groups in total. The van der Waals surface area contributed by atoms with Gasteiger partial charge in [0, 0.05) is 19.2 Å². The van der Waals surface area contributed by atoms with E-state index in [0.29, 0.717) is 42.3 Å². The number of carbonyl (C=O) groups is 2. The van der Waals surface area contributed by atoms with Gasteiger partial charge in [-0.15, -0.1) is 11.3 Å². The average Bonchev–Trinajstić information content (AvgIpc) is 2.89. The van der Waals surface area contributed by atoms with E-state index in [-0.39, 0.29) is 23.5 Å². The van der Waals surface area contributed by atoms with Crippen molar-refractivity contribution in [2.24, 2.45) is 5.92 Å². The molecule has 0 bridgehead atoms. The number of aryl methyl sites for hydroxylation is 1. The first-order valence-corrected chi connectivity index (χ1v) is 7.96. The molecular formula is C14H18N2O5S. The molecule has 1 aromatic rings. The Labute approximate surface area is 132 Å². The van der Waals surface area contributed by atoms with Crippen molar-refractivity contribution in [1.29, 1.82) is 0 Å². The maximum Gasteiger partial charge on any atom is 0.309 e. The molecule has 1 amide bonds. The summed E-state index contributed by atoms with van der Waals surface area (Å²) in [5.74, 6) is -0.580. The highest BCUT2D eigenvalue weighted by Crippen LogP contribution is 2.30. The Morgan fingerprint density at radius 3 is 2.59 bits per heavy atom. The Morgan fingerprint density at radius 2 is 2.09 bits per heavy atom. The lowest BCUT2D eigenvalue weighted by Crippen LogP contribution is -2.40. The number of nitro groups is 1. The summed E-state index contributed by atoms with van der Waals surface area (Å²) in [5, 5.41) is 10.8. The average molecular weight is 326 g/mol. The van der Waals surface area contributed by atoms with Crippen molar-refractivity contribution in [2.45, 2.75) is 26.7 Å². The van der Waals surface area contributed by atoms with Crippen LogP contribution < -0.4 is 0 Å². The molecule has 0 radical (unpaired) electrons. The highest BCUT2D eigenvalue weighted by atomic mass is 32.1. The van der Waals surface area contributed by atoms with Crippen LogP contribution in [0.15, 0.2) is 6.07 Å². The van der Waals surface area contributed by atoms with Crippen molar-refractivity contribution in [3.8, 4) is 0 Å². The van der Waals surface area contributed by atoms with Gasteiger partial charge < -0.3 is 9.64 Å². The molecule has 8 heteroatoms. The number of esters is 1. The van der Waals surface area contributed by atoms with Crippen LogP contribution in [0.2, 0.25) is 0 Å². The van der Waals surface area contributed by atoms with Crippen LogP contribution in [0.1, 0.15) is 34.3 Å². The molecule has 0 aromatic carbocycles. The number of amides is 1. The first-order valence-electron chi connectivity index (χ1n) is 7.14. The molecule has 0 atom stereocenters. The predicted molar refractivity (Wildman–Crippen MR) is 81.0 cm³/mol. The summed E-state index contributed by atoms with van der Waals surface area (Å²) in [5.41, 5.74) is -0.0187. The second-order valence-corrected chi connectivity index (χ2v) is 6.38. The highest BCUT2D eigenvalue weighted by Gasteiger charge is 2.30. The monoisotopic (exact) mass is 326 g/mol. The van der Waals surface area contributed by atoms with E-state index < -0.39 is 4.92 Å². The smallest absolute Gasteiger partial charge is 0.309 e. The molecule has 120 valence electrons. The van der Waals surface area contributed by atoms with Gasteiger partial charge in [-0.2, -0.15) is 0 Å². The van der Waals surface area contributed by atoms with Crippen LogP contribution in [0.3, 0.4) is 0 Å². The zero-order valence-electron chi connectivity index (χ0n) is 12.5. The maximum atomic E-state index is 12.4. The highest BCUT2D eigenvalue weighted by molar-refractivity contribution is 7.14. The molecule has 1 aliphatic heterocycles. The molecule has 1 aromatic heterocycles. The van der Waals surface area contributed by atoms with E-state index in [9.17, 15) is 19.7 Å². The standard InChI is InChI=1S/C14H18N2O5S/c1-3-21-14(18)10-4-6-15(7-5-10)13(17)12-8-11(16(19)20)9(2)22-12/h8,10H,3-7H2,1-2H3. The summed E-state index contributed by atoms with van der Waals surface area (Å²) in [6, 6.07) is 1.33. The normalized spacial score (nSPS) is 15.6. The number of thiophene rings is 1. The number of nitrogens with zero attached hydrogens (tertiary/aromatic N) is 2. The molecule has 1 fully saturated rings. The van der Waals surface area contributed by atoms with E-state index in [2.05, 4.69) is 0 Å². The number of piperidine rings is 1. The molecule has 0 aliphatic carbocycles. The Morgan fingerprint density at radius 1 is 1.45 bits per heavy atom. The Bertz CT molecular complexity index is 590. The molecule has 0 unspecified atom stereocenters. The fourth-order valence-electron chi connectivity index (χ4n) is 2.49. The molecule has 7 nitrogen and oxygen atoms in total. The SMILES string of the molecule is CCOC(=O)C1CCN(C(=O)c2cc([N+](=O)[O-])c(C)s2)CC1. The summed E-state index contributed by atoms with van der Waals surface area (Å²) >= 11 is 1.14. The molecule has 1 saturated heterocycles. The second kappa shape index (κ2) is 6.87. The van der Waals surface area contributed by atoms with Gasteiger partial charge in [-0.3, -0.25) is 19.7 Å². The van der Waals surface area contributed by atoms with Gasteiger partial charge in [-0.05, 0) is 26.7 Å². The molecule has 0 saturated carbocycles. The lowest BCUT2D eigenvalue weighted by Gasteiger charge is -2.30. The molecular weight excluding hydrogens is 308 g/mol. The van der Waals surface area contributed by atoms with Crippen molar-refractivity contribution >= 4 is 28.9 Å². The molecule has 0 spiro atoms. The van der Waals surface area contributed by atoms with Crippen molar-refractivity contribution in [2.75, 3.05) is 19.7 Å². The van der Waals surface area contributed by atoms with E-state index in [1.54, 1.807) is 18.7 Å². The Kier molecular flexibility index (Phi) is 5.12. The maximum absolute atomic E-state index is 12.4. The van der Waals surface area contributed by atoms with Crippen LogP contribution >= 0.6 is 11.3 Å². The van der Waals surface area contributed by atoms with Crippen LogP contribution in [-0.2, 0) is 9.53 Å². The van der Waals surface area contributed by atoms with Crippen molar-refractivity contribution in [3.63, 3.8) is 0 Å². The summed E-state index contributed by atoms with van der Waals surface area (Å²) in [7, 11) is 0. The Hall–Kier alpha value is -1.96. The lowest BCUT2D eigenvalue weighted by atomic mass is 9.97. The fourth-order valence-corrected chi connectivity index (χ4v) is 3.45. The van der Waals surface area contributed by atoms with E-state index in [1.807, 2.05) is 0 Å². The van der Waals surface area contributed by atoms with E-state index in [1.165, 1.54) is 6.07 Å². The van der Waals surface area contributed by atoms with Crippen LogP contribution in [-0.4, -0.2) is 41.4 Å². The summed E-state index contributed by atoms with van der Waals surface area (Å²) in [4.78, 5) is 37.0. The van der Waals surface area contributed by atoms with Gasteiger partial charge in [-0.1, -0.05) is 0 Å². The number of likely N-dealkylation sites (tertiary alicyclic amines) is 1. The number of hydrogen-bond acceptors (Lipinski definition) is 6. The third-order valence-electron chi connectivity index (χ3n) is 3.70. The molecule has 2 heterocycles. The number of rotatable bonds is 4. The van der Waals surface area contributed by atoms with Gasteiger partial charge in [0.1, 0.15) is 0 Å². The quantitative estimate of drug-likeness (QED) is 0.481. The zero-order chi connectivity index (χ0) is 16.3. The van der Waals surface area contributed by atoms with Crippen molar-refractivity contribution < 1.29 is 19.2 Å². The lowest BCUT2D eigenvalue weighted by molar-refractivity contribution is -0.385. The minimum atomic E-state index is -0.477. The van der Waals surface area contributed by atoms with Crippen LogP contribution in [0.25, 0.3) is 0 Å². The molecule has 22 heavy (non-hydrogen) atoms. The van der Waals surface area contributed by atoms with Crippen LogP contribution in [0, 0.1) is 23.0 Å². The van der Waals surface area contributed by atoms with Crippen molar-refractivity contribution in [1.82, 2.24) is 4.90 Å². The predicted octanol–water partition coefficient (Wildman–Crippen LogP) is 2.38. The Balaban J connectivity index is 1.99. The minimum absolute atomic E-state index is 0.0187. The van der Waals surface area contributed by atoms with Crippen LogP contribution in [0.5, 0.6) is 0 Å². The third-order valence-corrected chi connectivity index (χ3v) is 4.73. The van der Waals surface area contributed by atoms with Gasteiger partial charge in [0.25, 0.3) is 11.6 Å². The summed E-state index contributed by atoms with van der Waals surface area (Å²) in [6.45, 7) is 4.69. The first kappa shape index (κ1) is 16.4. The summed E-state index contributed by atoms with van der Waals surface area (Å²) < 4.78 is 4.99. The topological polar surface area (TPSA) is 89.8 Å². The first-order chi connectivity index (χ1) is 10.4. The number of hydrogen-bond donors (Lipinski definition) is 0. The van der Waals surface area contributed by atoms with Gasteiger partial charge in [0.05, 0.1) is 27.2 Å². The van der Waals surface area contributed by atoms with Gasteiger partial charge in [0.15, 0.2) is 0 Å². The minimum Gasteiger partial charge on any atom is -0.466 e. The van der Waals surface area contributed by atoms with Gasteiger partial charge in [0.2, 0.25) is 0 Å². The number of carbonyl (C=O) groups excluding carboxylic acids is 2. The third kappa shape index (κ3) is 3.44. The fraction of sp³-hybridized carbons (Fsp3) is 0.571. The van der Waals surface area contributed by atoms with Gasteiger partial charge in [-0.25, -0.2) is 0 Å². The molecule has 1 aliphatic rings. The van der Waals surface area contributed by atoms with E-state index >= 15 is 0 Å². The zero-order valence-corrected chi connectivity index (χ0v) is 13.4. The second-order valence-electron chi connectivity index (χ2n) is 5.13. The largest absolute Gasteiger partial charge is 0.466 e. The van der Waals surface area contributed by atoms with Gasteiger partial charge >= 0.3 is 5.97 Å². The number of ether oxygens (including phenoxy) is 1. The van der Waals surface area contributed by atoms with Crippen molar-refractivity contribution in [3.05, 3.63) is 25.9 Å². The van der Waals surface area contributed by atoms with Crippen LogP contribution in [0.4, 0.5) is 5.69 Å². The van der Waals surface area contributed by atoms with E-state index in [0.717, 1.165) is 11.3 Å². The van der Waals surface area contributed by atoms with E-state index in [4.69, 9.17) is 4.74 Å². The molecule has 2 rings (SSSR count).